The minimum Gasteiger partial charge on any atom is -0.494 e. The fraction of sp³-hybridized carbons (Fsp3) is 0.600. The Balaban J connectivity index is 2.60. The number of sulfonamides is 1. The van der Waals surface area contributed by atoms with E-state index in [0.29, 0.717) is 31.9 Å². The highest BCUT2D eigenvalue weighted by Crippen LogP contribution is 2.21. The monoisotopic (exact) mass is 315 g/mol. The van der Waals surface area contributed by atoms with Crippen LogP contribution in [0.1, 0.15) is 32.8 Å². The molecule has 21 heavy (non-hydrogen) atoms. The highest BCUT2D eigenvalue weighted by atomic mass is 32.2. The predicted molar refractivity (Wildman–Crippen MR) is 83.2 cm³/mol. The molecule has 1 aromatic rings. The number of rotatable bonds is 9. The maximum absolute atomic E-state index is 12.2. The van der Waals surface area contributed by atoms with E-state index in [1.54, 1.807) is 18.2 Å². The summed E-state index contributed by atoms with van der Waals surface area (Å²) in [6, 6.07) is 4.87. The quantitative estimate of drug-likeness (QED) is 0.711. The van der Waals surface area contributed by atoms with Crippen molar-refractivity contribution in [2.75, 3.05) is 19.8 Å². The molecule has 1 N–H and O–H groups in total. The van der Waals surface area contributed by atoms with Crippen LogP contribution in [0.4, 0.5) is 0 Å². The van der Waals surface area contributed by atoms with E-state index in [1.807, 2.05) is 27.7 Å². The summed E-state index contributed by atoms with van der Waals surface area (Å²) in [6.07, 6.45) is 0.809. The highest BCUT2D eigenvalue weighted by molar-refractivity contribution is 7.89. The lowest BCUT2D eigenvalue weighted by Crippen LogP contribution is -2.26. The smallest absolute Gasteiger partial charge is 0.240 e. The van der Waals surface area contributed by atoms with Crippen molar-refractivity contribution in [2.24, 2.45) is 0 Å². The maximum Gasteiger partial charge on any atom is 0.240 e. The summed E-state index contributed by atoms with van der Waals surface area (Å²) >= 11 is 0. The second-order valence-electron chi connectivity index (χ2n) is 5.03. The molecule has 6 heteroatoms. The van der Waals surface area contributed by atoms with Crippen molar-refractivity contribution in [3.8, 4) is 5.75 Å². The standard InChI is InChI=1S/C15H25NO4S/c1-5-19-15-8-7-14(11-13(15)4)21(17,18)16-9-6-10-20-12(2)3/h7-8,11-12,16H,5-6,9-10H2,1-4H3. The van der Waals surface area contributed by atoms with Crippen LogP contribution in [-0.4, -0.2) is 34.3 Å². The van der Waals surface area contributed by atoms with Gasteiger partial charge in [0.25, 0.3) is 0 Å². The van der Waals surface area contributed by atoms with E-state index >= 15 is 0 Å². The van der Waals surface area contributed by atoms with E-state index < -0.39 is 10.0 Å². The van der Waals surface area contributed by atoms with E-state index in [1.165, 1.54) is 0 Å². The topological polar surface area (TPSA) is 64.6 Å². The van der Waals surface area contributed by atoms with Crippen molar-refractivity contribution in [1.82, 2.24) is 4.72 Å². The molecule has 0 spiro atoms. The zero-order valence-electron chi connectivity index (χ0n) is 13.2. The molecule has 1 rings (SSSR count). The van der Waals surface area contributed by atoms with Crippen molar-refractivity contribution >= 4 is 10.0 Å². The molecule has 0 bridgehead atoms. The van der Waals surface area contributed by atoms with Crippen LogP contribution in [0.25, 0.3) is 0 Å². The van der Waals surface area contributed by atoms with E-state index in [0.717, 1.165) is 5.56 Å². The van der Waals surface area contributed by atoms with Crippen molar-refractivity contribution in [1.29, 1.82) is 0 Å². The van der Waals surface area contributed by atoms with Gasteiger partial charge in [0.05, 0.1) is 17.6 Å². The van der Waals surface area contributed by atoms with Gasteiger partial charge < -0.3 is 9.47 Å². The van der Waals surface area contributed by atoms with Crippen molar-refractivity contribution in [3.63, 3.8) is 0 Å². The molecular weight excluding hydrogens is 290 g/mol. The molecule has 0 radical (unpaired) electrons. The zero-order chi connectivity index (χ0) is 15.9. The first-order chi connectivity index (χ1) is 9.86. The van der Waals surface area contributed by atoms with E-state index in [2.05, 4.69) is 4.72 Å². The fourth-order valence-corrected chi connectivity index (χ4v) is 2.95. The molecule has 0 aliphatic heterocycles. The highest BCUT2D eigenvalue weighted by Gasteiger charge is 2.14. The Hall–Kier alpha value is -1.11. The van der Waals surface area contributed by atoms with Crippen LogP contribution in [0.3, 0.4) is 0 Å². The minimum absolute atomic E-state index is 0.162. The first-order valence-electron chi connectivity index (χ1n) is 7.21. The van der Waals surface area contributed by atoms with E-state index in [-0.39, 0.29) is 11.0 Å². The lowest BCUT2D eigenvalue weighted by molar-refractivity contribution is 0.0778. The van der Waals surface area contributed by atoms with Gasteiger partial charge in [-0.05, 0) is 57.9 Å². The van der Waals surface area contributed by atoms with Crippen molar-refractivity contribution in [3.05, 3.63) is 23.8 Å². The molecule has 0 fully saturated rings. The third-order valence-electron chi connectivity index (χ3n) is 2.82. The lowest BCUT2D eigenvalue weighted by atomic mass is 10.2. The molecular formula is C15H25NO4S. The molecule has 0 saturated heterocycles. The number of hydrogen-bond donors (Lipinski definition) is 1. The average Bonchev–Trinajstić information content (AvgIpc) is 2.40. The van der Waals surface area contributed by atoms with Crippen LogP contribution in [0.2, 0.25) is 0 Å². The van der Waals surface area contributed by atoms with Crippen molar-refractivity contribution in [2.45, 2.75) is 45.1 Å². The van der Waals surface area contributed by atoms with Gasteiger partial charge in [0.15, 0.2) is 0 Å². The van der Waals surface area contributed by atoms with Gasteiger partial charge in [-0.3, -0.25) is 0 Å². The van der Waals surface area contributed by atoms with Gasteiger partial charge in [0.2, 0.25) is 10.0 Å². The summed E-state index contributed by atoms with van der Waals surface area (Å²) in [4.78, 5) is 0.258. The number of ether oxygens (including phenoxy) is 2. The number of aryl methyl sites for hydroxylation is 1. The van der Waals surface area contributed by atoms with Crippen LogP contribution >= 0.6 is 0 Å². The Morgan fingerprint density at radius 2 is 2.00 bits per heavy atom. The van der Waals surface area contributed by atoms with Gasteiger partial charge in [-0.15, -0.1) is 0 Å². The summed E-state index contributed by atoms with van der Waals surface area (Å²) in [7, 11) is -3.48. The Morgan fingerprint density at radius 1 is 1.29 bits per heavy atom. The fourth-order valence-electron chi connectivity index (χ4n) is 1.79. The van der Waals surface area contributed by atoms with Crippen LogP contribution < -0.4 is 9.46 Å². The van der Waals surface area contributed by atoms with E-state index in [4.69, 9.17) is 9.47 Å². The largest absolute Gasteiger partial charge is 0.494 e. The molecule has 0 amide bonds. The Labute approximate surface area is 127 Å². The molecule has 5 nitrogen and oxygen atoms in total. The molecule has 0 unspecified atom stereocenters. The van der Waals surface area contributed by atoms with Crippen LogP contribution in [0, 0.1) is 6.92 Å². The predicted octanol–water partition coefficient (Wildman–Crippen LogP) is 2.49. The Morgan fingerprint density at radius 3 is 2.57 bits per heavy atom. The second kappa shape index (κ2) is 8.36. The molecule has 0 aromatic heterocycles. The SMILES string of the molecule is CCOc1ccc(S(=O)(=O)NCCCOC(C)C)cc1C. The molecule has 0 aliphatic carbocycles. The first-order valence-corrected chi connectivity index (χ1v) is 8.70. The Bertz CT molecular complexity index is 541. The number of nitrogens with one attached hydrogen (secondary N) is 1. The third-order valence-corrected chi connectivity index (χ3v) is 4.28. The third kappa shape index (κ3) is 6.03. The summed E-state index contributed by atoms with van der Waals surface area (Å²) in [5, 5.41) is 0. The molecule has 0 heterocycles. The normalized spacial score (nSPS) is 11.9. The van der Waals surface area contributed by atoms with Gasteiger partial charge in [0, 0.05) is 13.2 Å². The van der Waals surface area contributed by atoms with Crippen LogP contribution in [0.15, 0.2) is 23.1 Å². The zero-order valence-corrected chi connectivity index (χ0v) is 14.0. The Kier molecular flexibility index (Phi) is 7.14. The lowest BCUT2D eigenvalue weighted by Gasteiger charge is -2.11. The summed E-state index contributed by atoms with van der Waals surface area (Å²) in [5.74, 6) is 0.710. The maximum atomic E-state index is 12.2. The van der Waals surface area contributed by atoms with Gasteiger partial charge in [-0.1, -0.05) is 0 Å². The van der Waals surface area contributed by atoms with Gasteiger partial charge in [-0.25, -0.2) is 13.1 Å². The molecule has 0 saturated carbocycles. The average molecular weight is 315 g/mol. The molecule has 0 aliphatic rings. The van der Waals surface area contributed by atoms with Crippen molar-refractivity contribution < 1.29 is 17.9 Å². The summed E-state index contributed by atoms with van der Waals surface area (Å²) in [6.45, 7) is 9.09. The first kappa shape index (κ1) is 17.9. The van der Waals surface area contributed by atoms with Gasteiger partial charge in [-0.2, -0.15) is 0 Å². The summed E-state index contributed by atoms with van der Waals surface area (Å²) in [5.41, 5.74) is 0.808. The second-order valence-corrected chi connectivity index (χ2v) is 6.80. The van der Waals surface area contributed by atoms with Crippen LogP contribution in [0.5, 0.6) is 5.75 Å². The number of hydrogen-bond acceptors (Lipinski definition) is 4. The molecule has 120 valence electrons. The van der Waals surface area contributed by atoms with Crippen LogP contribution in [-0.2, 0) is 14.8 Å². The summed E-state index contributed by atoms with van der Waals surface area (Å²) < 4.78 is 37.7. The number of benzene rings is 1. The molecule has 1 aromatic carbocycles. The van der Waals surface area contributed by atoms with Gasteiger partial charge in [0.1, 0.15) is 5.75 Å². The molecule has 0 atom stereocenters. The van der Waals surface area contributed by atoms with E-state index in [9.17, 15) is 8.42 Å². The minimum atomic E-state index is -3.48. The van der Waals surface area contributed by atoms with Gasteiger partial charge >= 0.3 is 0 Å².